The number of hydrogen-bond acceptors (Lipinski definition) is 5. The van der Waals surface area contributed by atoms with E-state index in [-0.39, 0.29) is 5.69 Å². The van der Waals surface area contributed by atoms with Crippen LogP contribution >= 0.6 is 15.9 Å². The van der Waals surface area contributed by atoms with Crippen LogP contribution in [0.1, 0.15) is 11.1 Å². The second-order valence-electron chi connectivity index (χ2n) is 4.91. The first kappa shape index (κ1) is 17.1. The number of nitro benzene ring substituents is 1. The first-order valence-corrected chi connectivity index (χ1v) is 7.65. The van der Waals surface area contributed by atoms with Crippen molar-refractivity contribution in [2.75, 3.05) is 19.5 Å². The first-order chi connectivity index (χ1) is 11.0. The number of nitro groups is 1. The maximum atomic E-state index is 10.8. The van der Waals surface area contributed by atoms with Crippen LogP contribution in [-0.2, 0) is 6.54 Å². The first-order valence-electron chi connectivity index (χ1n) is 6.85. The molecular weight excluding hydrogens is 364 g/mol. The minimum atomic E-state index is -0.402. The molecule has 6 nitrogen and oxygen atoms in total. The fourth-order valence-corrected chi connectivity index (χ4v) is 2.76. The average molecular weight is 381 g/mol. The highest BCUT2D eigenvalue weighted by Crippen LogP contribution is 2.33. The van der Waals surface area contributed by atoms with Crippen LogP contribution in [-0.4, -0.2) is 19.1 Å². The molecule has 0 aliphatic rings. The Bertz CT molecular complexity index is 734. The molecule has 0 atom stereocenters. The molecule has 0 spiro atoms. The molecule has 1 N–H and O–H groups in total. The quantitative estimate of drug-likeness (QED) is 0.597. The van der Waals surface area contributed by atoms with Gasteiger partial charge in [-0.3, -0.25) is 10.1 Å². The summed E-state index contributed by atoms with van der Waals surface area (Å²) in [5.74, 6) is 1.40. The third-order valence-corrected chi connectivity index (χ3v) is 4.06. The predicted molar refractivity (Wildman–Crippen MR) is 92.4 cm³/mol. The maximum absolute atomic E-state index is 10.8. The second kappa shape index (κ2) is 7.32. The molecule has 0 aliphatic carbocycles. The van der Waals surface area contributed by atoms with Crippen molar-refractivity contribution in [3.05, 3.63) is 56.0 Å². The van der Waals surface area contributed by atoms with Crippen molar-refractivity contribution in [2.24, 2.45) is 0 Å². The Kier molecular flexibility index (Phi) is 5.44. The van der Waals surface area contributed by atoms with Gasteiger partial charge in [-0.1, -0.05) is 0 Å². The van der Waals surface area contributed by atoms with E-state index in [2.05, 4.69) is 21.2 Å². The fraction of sp³-hybridized carbons (Fsp3) is 0.250. The SMILES string of the molecule is COc1cc(OC)c(CNc2ccc([N+](=O)[O-])cc2C)cc1Br. The number of hydrogen-bond donors (Lipinski definition) is 1. The van der Waals surface area contributed by atoms with E-state index in [1.54, 1.807) is 26.4 Å². The number of rotatable bonds is 6. The lowest BCUT2D eigenvalue weighted by Crippen LogP contribution is -2.04. The molecule has 0 aliphatic heterocycles. The molecule has 0 radical (unpaired) electrons. The van der Waals surface area contributed by atoms with Gasteiger partial charge in [-0.25, -0.2) is 0 Å². The van der Waals surface area contributed by atoms with Crippen LogP contribution in [0.25, 0.3) is 0 Å². The molecule has 2 rings (SSSR count). The fourth-order valence-electron chi connectivity index (χ4n) is 2.21. The smallest absolute Gasteiger partial charge is 0.269 e. The molecular formula is C16H17BrN2O4. The minimum absolute atomic E-state index is 0.0813. The van der Waals surface area contributed by atoms with Crippen molar-refractivity contribution < 1.29 is 14.4 Å². The van der Waals surface area contributed by atoms with E-state index in [4.69, 9.17) is 9.47 Å². The number of nitrogens with zero attached hydrogens (tertiary/aromatic N) is 1. The molecule has 0 unspecified atom stereocenters. The van der Waals surface area contributed by atoms with Gasteiger partial charge < -0.3 is 14.8 Å². The second-order valence-corrected chi connectivity index (χ2v) is 5.76. The molecule has 0 aromatic heterocycles. The van der Waals surface area contributed by atoms with Gasteiger partial charge in [0.25, 0.3) is 5.69 Å². The van der Waals surface area contributed by atoms with E-state index in [9.17, 15) is 10.1 Å². The van der Waals surface area contributed by atoms with E-state index in [0.717, 1.165) is 21.3 Å². The lowest BCUT2D eigenvalue weighted by Gasteiger charge is -2.14. The molecule has 0 amide bonds. The Balaban J connectivity index is 2.21. The molecule has 0 saturated carbocycles. The van der Waals surface area contributed by atoms with Crippen LogP contribution in [0.4, 0.5) is 11.4 Å². The molecule has 122 valence electrons. The molecule has 0 heterocycles. The highest BCUT2D eigenvalue weighted by atomic mass is 79.9. The van der Waals surface area contributed by atoms with Gasteiger partial charge in [0.1, 0.15) is 11.5 Å². The van der Waals surface area contributed by atoms with Crippen LogP contribution in [0.3, 0.4) is 0 Å². The van der Waals surface area contributed by atoms with Gasteiger partial charge in [0.2, 0.25) is 0 Å². The van der Waals surface area contributed by atoms with Gasteiger partial charge in [-0.15, -0.1) is 0 Å². The van der Waals surface area contributed by atoms with Crippen molar-refractivity contribution in [3.63, 3.8) is 0 Å². The van der Waals surface area contributed by atoms with E-state index in [0.29, 0.717) is 18.0 Å². The number of anilines is 1. The Morgan fingerprint density at radius 3 is 2.43 bits per heavy atom. The van der Waals surface area contributed by atoms with Crippen LogP contribution < -0.4 is 14.8 Å². The van der Waals surface area contributed by atoms with Gasteiger partial charge in [0.15, 0.2) is 0 Å². The van der Waals surface area contributed by atoms with Gasteiger partial charge in [-0.2, -0.15) is 0 Å². The predicted octanol–water partition coefficient (Wildman–Crippen LogP) is 4.30. The molecule has 0 bridgehead atoms. The number of methoxy groups -OCH3 is 2. The number of ether oxygens (including phenoxy) is 2. The molecule has 0 saturated heterocycles. The van der Waals surface area contributed by atoms with Crippen LogP contribution in [0, 0.1) is 17.0 Å². The number of non-ortho nitro benzene ring substituents is 1. The molecule has 7 heteroatoms. The molecule has 2 aromatic carbocycles. The van der Waals surface area contributed by atoms with Crippen molar-refractivity contribution >= 4 is 27.3 Å². The van der Waals surface area contributed by atoms with Gasteiger partial charge in [0, 0.05) is 36.0 Å². The van der Waals surface area contributed by atoms with Crippen LogP contribution in [0.5, 0.6) is 11.5 Å². The van der Waals surface area contributed by atoms with E-state index in [1.165, 1.54) is 6.07 Å². The Morgan fingerprint density at radius 1 is 1.17 bits per heavy atom. The van der Waals surface area contributed by atoms with Crippen LogP contribution in [0.15, 0.2) is 34.8 Å². The number of nitrogens with one attached hydrogen (secondary N) is 1. The summed E-state index contributed by atoms with van der Waals surface area (Å²) in [5, 5.41) is 14.0. The summed E-state index contributed by atoms with van der Waals surface area (Å²) in [6.07, 6.45) is 0. The molecule has 2 aromatic rings. The van der Waals surface area contributed by atoms with Crippen molar-refractivity contribution in [1.82, 2.24) is 0 Å². The molecule has 0 fully saturated rings. The Hall–Kier alpha value is -2.28. The lowest BCUT2D eigenvalue weighted by atomic mass is 10.1. The third-order valence-electron chi connectivity index (χ3n) is 3.44. The standard InChI is InChI=1S/C16H17BrN2O4/c1-10-6-12(19(20)21)4-5-14(10)18-9-11-7-13(17)16(23-3)8-15(11)22-2/h4-8,18H,9H2,1-3H3. The van der Waals surface area contributed by atoms with E-state index in [1.807, 2.05) is 19.1 Å². The summed E-state index contributed by atoms with van der Waals surface area (Å²) in [6, 6.07) is 8.47. The zero-order valence-corrected chi connectivity index (χ0v) is 14.6. The van der Waals surface area contributed by atoms with Crippen molar-refractivity contribution in [3.8, 4) is 11.5 Å². The third kappa shape index (κ3) is 3.92. The summed E-state index contributed by atoms with van der Waals surface area (Å²) in [7, 11) is 3.20. The highest BCUT2D eigenvalue weighted by Gasteiger charge is 2.11. The topological polar surface area (TPSA) is 73.6 Å². The maximum Gasteiger partial charge on any atom is 0.269 e. The number of halogens is 1. The summed E-state index contributed by atoms with van der Waals surface area (Å²) in [6.45, 7) is 2.35. The van der Waals surface area contributed by atoms with Gasteiger partial charge in [0.05, 0.1) is 23.6 Å². The van der Waals surface area contributed by atoms with Crippen LogP contribution in [0.2, 0.25) is 0 Å². The monoisotopic (exact) mass is 380 g/mol. The average Bonchev–Trinajstić information content (AvgIpc) is 2.53. The zero-order valence-electron chi connectivity index (χ0n) is 13.1. The van der Waals surface area contributed by atoms with E-state index < -0.39 is 4.92 Å². The number of benzene rings is 2. The van der Waals surface area contributed by atoms with Gasteiger partial charge >= 0.3 is 0 Å². The Morgan fingerprint density at radius 2 is 1.87 bits per heavy atom. The van der Waals surface area contributed by atoms with Gasteiger partial charge in [-0.05, 0) is 40.5 Å². The zero-order chi connectivity index (χ0) is 17.0. The summed E-state index contributed by atoms with van der Waals surface area (Å²) in [4.78, 5) is 10.4. The Labute approximate surface area is 142 Å². The number of aryl methyl sites for hydroxylation is 1. The minimum Gasteiger partial charge on any atom is -0.496 e. The lowest BCUT2D eigenvalue weighted by molar-refractivity contribution is -0.384. The van der Waals surface area contributed by atoms with E-state index >= 15 is 0 Å². The van der Waals surface area contributed by atoms with Crippen molar-refractivity contribution in [1.29, 1.82) is 0 Å². The largest absolute Gasteiger partial charge is 0.496 e. The summed E-state index contributed by atoms with van der Waals surface area (Å²) in [5.41, 5.74) is 2.67. The molecule has 23 heavy (non-hydrogen) atoms. The normalized spacial score (nSPS) is 10.3. The summed E-state index contributed by atoms with van der Waals surface area (Å²) >= 11 is 3.45. The van der Waals surface area contributed by atoms with Crippen molar-refractivity contribution in [2.45, 2.75) is 13.5 Å². The highest BCUT2D eigenvalue weighted by molar-refractivity contribution is 9.10. The summed E-state index contributed by atoms with van der Waals surface area (Å²) < 4.78 is 11.5.